The number of hydrogen-bond acceptors (Lipinski definition) is 4. The van der Waals surface area contributed by atoms with E-state index in [1.807, 2.05) is 44.2 Å². The number of aryl methyl sites for hydroxylation is 3. The molecule has 3 aromatic carbocycles. The van der Waals surface area contributed by atoms with Crippen molar-refractivity contribution in [1.82, 2.24) is 5.32 Å². The van der Waals surface area contributed by atoms with Crippen LogP contribution >= 0.6 is 0 Å². The zero-order valence-electron chi connectivity index (χ0n) is 19.2. The average molecular weight is 467 g/mol. The van der Waals surface area contributed by atoms with Crippen LogP contribution in [-0.2, 0) is 21.2 Å². The molecule has 0 bridgehead atoms. The Balaban J connectivity index is 1.69. The van der Waals surface area contributed by atoms with Crippen LogP contribution in [0.4, 0.5) is 5.69 Å². The van der Waals surface area contributed by atoms with Gasteiger partial charge in [0, 0.05) is 0 Å². The van der Waals surface area contributed by atoms with E-state index in [1.54, 1.807) is 30.3 Å². The minimum atomic E-state index is -3.92. The molecule has 0 aliphatic rings. The highest BCUT2D eigenvalue weighted by molar-refractivity contribution is 7.92. The van der Waals surface area contributed by atoms with E-state index in [0.717, 1.165) is 27.6 Å². The van der Waals surface area contributed by atoms with Gasteiger partial charge in [0.05, 0.1) is 17.1 Å². The van der Waals surface area contributed by atoms with Crippen molar-refractivity contribution in [3.05, 3.63) is 89.5 Å². The van der Waals surface area contributed by atoms with Gasteiger partial charge in [0.25, 0.3) is 10.0 Å². The molecule has 0 aliphatic heterocycles. The molecule has 1 amide bonds. The summed E-state index contributed by atoms with van der Waals surface area (Å²) in [7, 11) is -3.92. The fraction of sp³-hybridized carbons (Fsp3) is 0.269. The molecule has 0 aromatic heterocycles. The predicted molar refractivity (Wildman–Crippen MR) is 131 cm³/mol. The lowest BCUT2D eigenvalue weighted by Crippen LogP contribution is -2.42. The van der Waals surface area contributed by atoms with Crippen LogP contribution in [0, 0.1) is 13.8 Å². The van der Waals surface area contributed by atoms with Gasteiger partial charge in [-0.25, -0.2) is 8.42 Å². The first-order valence-electron chi connectivity index (χ1n) is 10.9. The van der Waals surface area contributed by atoms with E-state index in [1.165, 1.54) is 17.7 Å². The number of benzene rings is 3. The van der Waals surface area contributed by atoms with E-state index >= 15 is 0 Å². The van der Waals surface area contributed by atoms with Crippen LogP contribution in [0.2, 0.25) is 0 Å². The van der Waals surface area contributed by atoms with Crippen molar-refractivity contribution in [3.8, 4) is 5.75 Å². The standard InChI is InChI=1S/C26H30N2O4S/c1-4-22-10-12-24(13-11-22)32-15-14-27-26(29)19-28(23-17-20(2)16-21(3)18-23)33(30,31)25-8-6-5-7-9-25/h5-13,16-18H,4,14-15,19H2,1-3H3,(H,27,29). The number of sulfonamides is 1. The fourth-order valence-electron chi connectivity index (χ4n) is 3.50. The van der Waals surface area contributed by atoms with Gasteiger partial charge in [-0.1, -0.05) is 43.3 Å². The number of rotatable bonds is 10. The van der Waals surface area contributed by atoms with E-state index in [2.05, 4.69) is 12.2 Å². The van der Waals surface area contributed by atoms with Crippen LogP contribution in [0.25, 0.3) is 0 Å². The largest absolute Gasteiger partial charge is 0.492 e. The quantitative estimate of drug-likeness (QED) is 0.453. The molecule has 0 saturated heterocycles. The van der Waals surface area contributed by atoms with Crippen molar-refractivity contribution in [2.45, 2.75) is 32.1 Å². The summed E-state index contributed by atoms with van der Waals surface area (Å²) in [5.74, 6) is 0.323. The molecule has 6 nitrogen and oxygen atoms in total. The summed E-state index contributed by atoms with van der Waals surface area (Å²) in [5.41, 5.74) is 3.52. The summed E-state index contributed by atoms with van der Waals surface area (Å²) in [4.78, 5) is 12.8. The maximum absolute atomic E-state index is 13.4. The number of carbonyl (C=O) groups is 1. The highest BCUT2D eigenvalue weighted by Crippen LogP contribution is 2.25. The lowest BCUT2D eigenvalue weighted by Gasteiger charge is -2.25. The molecule has 7 heteroatoms. The summed E-state index contributed by atoms with van der Waals surface area (Å²) in [6.07, 6.45) is 0.958. The van der Waals surface area contributed by atoms with Gasteiger partial charge < -0.3 is 10.1 Å². The van der Waals surface area contributed by atoms with Gasteiger partial charge in [0.15, 0.2) is 0 Å². The lowest BCUT2D eigenvalue weighted by atomic mass is 10.1. The summed E-state index contributed by atoms with van der Waals surface area (Å²) >= 11 is 0. The highest BCUT2D eigenvalue weighted by atomic mass is 32.2. The number of hydrogen-bond donors (Lipinski definition) is 1. The zero-order chi connectivity index (χ0) is 23.8. The van der Waals surface area contributed by atoms with Crippen LogP contribution < -0.4 is 14.4 Å². The van der Waals surface area contributed by atoms with Crippen molar-refractivity contribution in [2.24, 2.45) is 0 Å². The molecule has 0 fully saturated rings. The minimum Gasteiger partial charge on any atom is -0.492 e. The first-order valence-corrected chi connectivity index (χ1v) is 12.4. The van der Waals surface area contributed by atoms with Gasteiger partial charge in [-0.15, -0.1) is 0 Å². The molecule has 3 rings (SSSR count). The Hall–Kier alpha value is -3.32. The predicted octanol–water partition coefficient (Wildman–Crippen LogP) is 4.26. The molecule has 0 saturated carbocycles. The van der Waals surface area contributed by atoms with Gasteiger partial charge in [-0.3, -0.25) is 9.10 Å². The van der Waals surface area contributed by atoms with Crippen molar-refractivity contribution in [2.75, 3.05) is 24.0 Å². The maximum Gasteiger partial charge on any atom is 0.264 e. The van der Waals surface area contributed by atoms with Crippen LogP contribution in [0.15, 0.2) is 77.7 Å². The number of nitrogens with zero attached hydrogens (tertiary/aromatic N) is 1. The normalized spacial score (nSPS) is 11.1. The molecule has 0 unspecified atom stereocenters. The first-order chi connectivity index (χ1) is 15.8. The fourth-order valence-corrected chi connectivity index (χ4v) is 4.92. The summed E-state index contributed by atoms with van der Waals surface area (Å²) in [6, 6.07) is 21.4. The van der Waals surface area contributed by atoms with Crippen LogP contribution in [-0.4, -0.2) is 34.0 Å². The van der Waals surface area contributed by atoms with E-state index in [0.29, 0.717) is 5.69 Å². The molecular weight excluding hydrogens is 436 g/mol. The zero-order valence-corrected chi connectivity index (χ0v) is 20.1. The van der Waals surface area contributed by atoms with Crippen molar-refractivity contribution in [3.63, 3.8) is 0 Å². The SMILES string of the molecule is CCc1ccc(OCCNC(=O)CN(c2cc(C)cc(C)c2)S(=O)(=O)c2ccccc2)cc1. The van der Waals surface area contributed by atoms with Gasteiger partial charge in [-0.05, 0) is 73.4 Å². The third-order valence-electron chi connectivity index (χ3n) is 5.14. The molecule has 0 aliphatic carbocycles. The third-order valence-corrected chi connectivity index (χ3v) is 6.93. The molecule has 0 heterocycles. The molecule has 3 aromatic rings. The number of amides is 1. The molecule has 174 valence electrons. The second-order valence-electron chi connectivity index (χ2n) is 7.87. The van der Waals surface area contributed by atoms with E-state index < -0.39 is 15.9 Å². The topological polar surface area (TPSA) is 75.7 Å². The Morgan fingerprint density at radius 3 is 2.18 bits per heavy atom. The average Bonchev–Trinajstić information content (AvgIpc) is 2.80. The minimum absolute atomic E-state index is 0.135. The number of ether oxygens (including phenoxy) is 1. The van der Waals surface area contributed by atoms with Crippen LogP contribution in [0.5, 0.6) is 5.75 Å². The first kappa shape index (κ1) is 24.3. The van der Waals surface area contributed by atoms with Gasteiger partial charge in [0.2, 0.25) is 5.91 Å². The Bertz CT molecular complexity index is 1160. The van der Waals surface area contributed by atoms with Crippen LogP contribution in [0.3, 0.4) is 0 Å². The molecule has 0 spiro atoms. The van der Waals surface area contributed by atoms with Crippen molar-refractivity contribution < 1.29 is 17.9 Å². The Morgan fingerprint density at radius 1 is 0.939 bits per heavy atom. The van der Waals surface area contributed by atoms with Gasteiger partial charge >= 0.3 is 0 Å². The maximum atomic E-state index is 13.4. The molecule has 1 N–H and O–H groups in total. The Kier molecular flexibility index (Phi) is 8.11. The molecule has 33 heavy (non-hydrogen) atoms. The number of anilines is 1. The second kappa shape index (κ2) is 11.0. The third kappa shape index (κ3) is 6.58. The molecule has 0 atom stereocenters. The monoisotopic (exact) mass is 466 g/mol. The van der Waals surface area contributed by atoms with E-state index in [9.17, 15) is 13.2 Å². The molecule has 0 radical (unpaired) electrons. The Labute approximate surface area is 196 Å². The van der Waals surface area contributed by atoms with Gasteiger partial charge in [0.1, 0.15) is 18.9 Å². The summed E-state index contributed by atoms with van der Waals surface area (Å²) < 4.78 is 33.6. The van der Waals surface area contributed by atoms with Gasteiger partial charge in [-0.2, -0.15) is 0 Å². The Morgan fingerprint density at radius 2 is 1.58 bits per heavy atom. The summed E-state index contributed by atoms with van der Waals surface area (Å²) in [5, 5.41) is 2.76. The highest BCUT2D eigenvalue weighted by Gasteiger charge is 2.27. The second-order valence-corrected chi connectivity index (χ2v) is 9.73. The lowest BCUT2D eigenvalue weighted by molar-refractivity contribution is -0.119. The number of carbonyl (C=O) groups excluding carboxylic acids is 1. The molecular formula is C26H30N2O4S. The number of nitrogens with one attached hydrogen (secondary N) is 1. The van der Waals surface area contributed by atoms with Crippen LogP contribution in [0.1, 0.15) is 23.6 Å². The van der Waals surface area contributed by atoms with E-state index in [-0.39, 0.29) is 24.6 Å². The summed E-state index contributed by atoms with van der Waals surface area (Å²) in [6.45, 7) is 6.10. The van der Waals surface area contributed by atoms with Crippen molar-refractivity contribution in [1.29, 1.82) is 0 Å². The van der Waals surface area contributed by atoms with Crippen molar-refractivity contribution >= 4 is 21.6 Å². The smallest absolute Gasteiger partial charge is 0.264 e. The van der Waals surface area contributed by atoms with E-state index in [4.69, 9.17) is 4.74 Å².